The molecule has 0 bridgehead atoms. The molecule has 0 spiro atoms. The summed E-state index contributed by atoms with van der Waals surface area (Å²) in [4.78, 5) is 0. The molecule has 104 valence electrons. The number of hydrogen-bond donors (Lipinski definition) is 1. The van der Waals surface area contributed by atoms with Crippen LogP contribution in [0.1, 0.15) is 0 Å². The minimum atomic E-state index is -0.289. The second-order valence-corrected chi connectivity index (χ2v) is 4.64. The summed E-state index contributed by atoms with van der Waals surface area (Å²) in [6.07, 6.45) is 0. The van der Waals surface area contributed by atoms with Crippen molar-refractivity contribution >= 4 is 5.69 Å². The summed E-state index contributed by atoms with van der Waals surface area (Å²) in [5.74, 6) is 0.975. The van der Waals surface area contributed by atoms with Crippen LogP contribution < -0.4 is 10.5 Å². The topological polar surface area (TPSA) is 35.2 Å². The lowest BCUT2D eigenvalue weighted by molar-refractivity contribution is 0.482. The number of benzene rings is 3. The normalized spacial score (nSPS) is 10.3. The summed E-state index contributed by atoms with van der Waals surface area (Å²) < 4.78 is 18.8. The summed E-state index contributed by atoms with van der Waals surface area (Å²) in [5, 5.41) is 0. The maximum atomic E-state index is 13.0. The van der Waals surface area contributed by atoms with Gasteiger partial charge in [0.05, 0.1) is 0 Å². The van der Waals surface area contributed by atoms with Gasteiger partial charge in [0.1, 0.15) is 17.3 Å². The average molecular weight is 279 g/mol. The van der Waals surface area contributed by atoms with Gasteiger partial charge in [0.15, 0.2) is 0 Å². The van der Waals surface area contributed by atoms with Crippen LogP contribution in [-0.2, 0) is 0 Å². The van der Waals surface area contributed by atoms with Crippen molar-refractivity contribution in [2.75, 3.05) is 5.73 Å². The van der Waals surface area contributed by atoms with Crippen LogP contribution >= 0.6 is 0 Å². The summed E-state index contributed by atoms with van der Waals surface area (Å²) in [6.45, 7) is 0. The highest BCUT2D eigenvalue weighted by Gasteiger charge is 2.09. The molecule has 0 radical (unpaired) electrons. The van der Waals surface area contributed by atoms with E-state index in [1.54, 1.807) is 12.1 Å². The van der Waals surface area contributed by atoms with Gasteiger partial charge in [0, 0.05) is 16.8 Å². The number of ether oxygens (including phenoxy) is 1. The van der Waals surface area contributed by atoms with Gasteiger partial charge >= 0.3 is 0 Å². The van der Waals surface area contributed by atoms with Crippen LogP contribution in [0.3, 0.4) is 0 Å². The predicted molar refractivity (Wildman–Crippen MR) is 82.8 cm³/mol. The predicted octanol–water partition coefficient (Wildman–Crippen LogP) is 4.87. The quantitative estimate of drug-likeness (QED) is 0.694. The molecule has 0 fully saturated rings. The molecular weight excluding hydrogens is 265 g/mol. The summed E-state index contributed by atoms with van der Waals surface area (Å²) in [7, 11) is 0. The molecule has 0 aliphatic carbocycles. The molecular formula is C18H14FNO. The Morgan fingerprint density at radius 1 is 0.714 bits per heavy atom. The van der Waals surface area contributed by atoms with Gasteiger partial charge in [0.25, 0.3) is 0 Å². The molecule has 21 heavy (non-hydrogen) atoms. The Morgan fingerprint density at radius 3 is 2.05 bits per heavy atom. The van der Waals surface area contributed by atoms with E-state index in [1.165, 1.54) is 12.1 Å². The first-order valence-corrected chi connectivity index (χ1v) is 6.61. The third-order valence-corrected chi connectivity index (χ3v) is 3.18. The first-order valence-electron chi connectivity index (χ1n) is 6.61. The number of nitrogens with two attached hydrogens (primary N) is 1. The molecule has 0 atom stereocenters. The first kappa shape index (κ1) is 13.2. The van der Waals surface area contributed by atoms with Gasteiger partial charge in [-0.2, -0.15) is 0 Å². The van der Waals surface area contributed by atoms with Crippen molar-refractivity contribution in [3.05, 3.63) is 78.6 Å². The zero-order chi connectivity index (χ0) is 14.7. The second kappa shape index (κ2) is 5.67. The SMILES string of the molecule is Nc1ccccc1-c1ccccc1Oc1ccc(F)cc1. The number of nitrogen functional groups attached to an aromatic ring is 1. The molecule has 0 aliphatic heterocycles. The third kappa shape index (κ3) is 2.87. The fourth-order valence-corrected chi connectivity index (χ4v) is 2.15. The fourth-order valence-electron chi connectivity index (χ4n) is 2.15. The Kier molecular flexibility index (Phi) is 3.56. The van der Waals surface area contributed by atoms with Gasteiger partial charge in [-0.1, -0.05) is 36.4 Å². The minimum absolute atomic E-state index is 0.289. The number of anilines is 1. The van der Waals surface area contributed by atoms with Crippen molar-refractivity contribution in [2.24, 2.45) is 0 Å². The van der Waals surface area contributed by atoms with Crippen LogP contribution in [0.25, 0.3) is 11.1 Å². The smallest absolute Gasteiger partial charge is 0.135 e. The number of para-hydroxylation sites is 2. The van der Waals surface area contributed by atoms with E-state index in [-0.39, 0.29) is 5.82 Å². The van der Waals surface area contributed by atoms with E-state index >= 15 is 0 Å². The highest BCUT2D eigenvalue weighted by atomic mass is 19.1. The monoisotopic (exact) mass is 279 g/mol. The van der Waals surface area contributed by atoms with Crippen molar-refractivity contribution < 1.29 is 9.13 Å². The summed E-state index contributed by atoms with van der Waals surface area (Å²) >= 11 is 0. The molecule has 0 aromatic heterocycles. The van der Waals surface area contributed by atoms with Gasteiger partial charge in [0.2, 0.25) is 0 Å². The lowest BCUT2D eigenvalue weighted by Crippen LogP contribution is -1.92. The molecule has 2 nitrogen and oxygen atoms in total. The van der Waals surface area contributed by atoms with E-state index in [9.17, 15) is 4.39 Å². The van der Waals surface area contributed by atoms with E-state index in [0.29, 0.717) is 17.2 Å². The molecule has 3 aromatic carbocycles. The zero-order valence-corrected chi connectivity index (χ0v) is 11.3. The third-order valence-electron chi connectivity index (χ3n) is 3.18. The van der Waals surface area contributed by atoms with Gasteiger partial charge in [-0.15, -0.1) is 0 Å². The maximum absolute atomic E-state index is 13.0. The van der Waals surface area contributed by atoms with Crippen molar-refractivity contribution in [3.63, 3.8) is 0 Å². The van der Waals surface area contributed by atoms with Gasteiger partial charge in [-0.3, -0.25) is 0 Å². The molecule has 3 rings (SSSR count). The van der Waals surface area contributed by atoms with E-state index in [4.69, 9.17) is 10.5 Å². The number of halogens is 1. The summed E-state index contributed by atoms with van der Waals surface area (Å²) in [6, 6.07) is 21.2. The highest BCUT2D eigenvalue weighted by Crippen LogP contribution is 2.35. The second-order valence-electron chi connectivity index (χ2n) is 4.64. The Bertz CT molecular complexity index is 753. The fraction of sp³-hybridized carbons (Fsp3) is 0. The lowest BCUT2D eigenvalue weighted by atomic mass is 10.0. The Hall–Kier alpha value is -2.81. The number of rotatable bonds is 3. The van der Waals surface area contributed by atoms with E-state index < -0.39 is 0 Å². The molecule has 0 amide bonds. The summed E-state index contributed by atoms with van der Waals surface area (Å²) in [5.41, 5.74) is 8.53. The van der Waals surface area contributed by atoms with Crippen LogP contribution in [0.15, 0.2) is 72.8 Å². The van der Waals surface area contributed by atoms with Crippen LogP contribution in [-0.4, -0.2) is 0 Å². The molecule has 3 aromatic rings. The highest BCUT2D eigenvalue weighted by molar-refractivity contribution is 5.80. The lowest BCUT2D eigenvalue weighted by Gasteiger charge is -2.12. The van der Waals surface area contributed by atoms with Crippen molar-refractivity contribution in [2.45, 2.75) is 0 Å². The Labute approximate surface area is 122 Å². The van der Waals surface area contributed by atoms with E-state index in [2.05, 4.69) is 0 Å². The van der Waals surface area contributed by atoms with Crippen LogP contribution in [0, 0.1) is 5.82 Å². The molecule has 2 N–H and O–H groups in total. The van der Waals surface area contributed by atoms with Gasteiger partial charge in [-0.05, 0) is 36.4 Å². The zero-order valence-electron chi connectivity index (χ0n) is 11.3. The standard InChI is InChI=1S/C18H14FNO/c19-13-9-11-14(12-10-13)21-18-8-4-2-6-16(18)15-5-1-3-7-17(15)20/h1-12H,20H2. The van der Waals surface area contributed by atoms with Gasteiger partial charge < -0.3 is 10.5 Å². The van der Waals surface area contributed by atoms with Crippen LogP contribution in [0.5, 0.6) is 11.5 Å². The number of hydrogen-bond acceptors (Lipinski definition) is 2. The molecule has 0 heterocycles. The maximum Gasteiger partial charge on any atom is 0.135 e. The van der Waals surface area contributed by atoms with Crippen LogP contribution in [0.4, 0.5) is 10.1 Å². The van der Waals surface area contributed by atoms with Crippen molar-refractivity contribution in [1.29, 1.82) is 0 Å². The van der Waals surface area contributed by atoms with E-state index in [1.807, 2.05) is 48.5 Å². The Morgan fingerprint density at radius 2 is 1.33 bits per heavy atom. The minimum Gasteiger partial charge on any atom is -0.457 e. The van der Waals surface area contributed by atoms with Gasteiger partial charge in [-0.25, -0.2) is 4.39 Å². The molecule has 0 aliphatic rings. The molecule has 0 unspecified atom stereocenters. The van der Waals surface area contributed by atoms with Crippen molar-refractivity contribution in [3.8, 4) is 22.6 Å². The van der Waals surface area contributed by atoms with E-state index in [0.717, 1.165) is 11.1 Å². The molecule has 0 saturated heterocycles. The van der Waals surface area contributed by atoms with Crippen LogP contribution in [0.2, 0.25) is 0 Å². The first-order chi connectivity index (χ1) is 10.2. The Balaban J connectivity index is 2.00. The average Bonchev–Trinajstić information content (AvgIpc) is 2.51. The molecule has 0 saturated carbocycles. The molecule has 3 heteroatoms. The van der Waals surface area contributed by atoms with Crippen molar-refractivity contribution in [1.82, 2.24) is 0 Å². The largest absolute Gasteiger partial charge is 0.457 e.